The third-order valence-electron chi connectivity index (χ3n) is 8.75. The lowest BCUT2D eigenvalue weighted by Gasteiger charge is -2.44. The molecular formula is C29H32N4O. The molecule has 0 radical (unpaired) electrons. The Morgan fingerprint density at radius 2 is 1.88 bits per heavy atom. The maximum absolute atomic E-state index is 13.8. The van der Waals surface area contributed by atoms with Gasteiger partial charge >= 0.3 is 0 Å². The minimum atomic E-state index is -0.263. The van der Waals surface area contributed by atoms with Crippen LogP contribution in [0.15, 0.2) is 29.8 Å². The molecule has 1 aliphatic heterocycles. The molecule has 0 atom stereocenters. The third-order valence-corrected chi connectivity index (χ3v) is 8.75. The standard InChI is InChI=1S/C29H32N4O/c1-4-18-14-22-23(16-26(18)33-12-10-32(11-13-33)20-6-5-7-20)29(2,3)24-15-25-21(27(24)28(22)34)9-8-19(17-30)31-25/h8-9,14,16,20H,4-7,10-13,15H2,1-3H3. The number of aryl methyl sites for hydroxylation is 1. The summed E-state index contributed by atoms with van der Waals surface area (Å²) in [4.78, 5) is 23.6. The van der Waals surface area contributed by atoms with Crippen LogP contribution in [-0.2, 0) is 18.3 Å². The number of hydrogen-bond acceptors (Lipinski definition) is 5. The van der Waals surface area contributed by atoms with Crippen LogP contribution in [0.4, 0.5) is 5.69 Å². The summed E-state index contributed by atoms with van der Waals surface area (Å²) in [7, 11) is 0. The van der Waals surface area contributed by atoms with Crippen molar-refractivity contribution in [2.24, 2.45) is 0 Å². The summed E-state index contributed by atoms with van der Waals surface area (Å²) in [6.45, 7) is 11.0. The van der Waals surface area contributed by atoms with Gasteiger partial charge in [-0.1, -0.05) is 27.2 Å². The van der Waals surface area contributed by atoms with Gasteiger partial charge in [0.2, 0.25) is 0 Å². The van der Waals surface area contributed by atoms with E-state index < -0.39 is 0 Å². The fourth-order valence-electron chi connectivity index (χ4n) is 6.43. The lowest BCUT2D eigenvalue weighted by Crippen LogP contribution is -2.52. The van der Waals surface area contributed by atoms with Gasteiger partial charge in [0.1, 0.15) is 11.8 Å². The molecule has 1 aromatic carbocycles. The number of anilines is 1. The molecule has 5 nitrogen and oxygen atoms in total. The van der Waals surface area contributed by atoms with E-state index in [0.29, 0.717) is 12.1 Å². The van der Waals surface area contributed by atoms with Gasteiger partial charge in [0.15, 0.2) is 5.78 Å². The first-order chi connectivity index (χ1) is 16.4. The van der Waals surface area contributed by atoms with Gasteiger partial charge in [-0.25, -0.2) is 4.98 Å². The first-order valence-electron chi connectivity index (χ1n) is 12.8. The topological polar surface area (TPSA) is 60.2 Å². The van der Waals surface area contributed by atoms with Crippen LogP contribution in [0.3, 0.4) is 0 Å². The Labute approximate surface area is 202 Å². The van der Waals surface area contributed by atoms with E-state index >= 15 is 0 Å². The number of carbonyl (C=O) groups excluding carboxylic acids is 1. The van der Waals surface area contributed by atoms with Gasteiger partial charge < -0.3 is 4.90 Å². The normalized spacial score (nSPS) is 21.6. The van der Waals surface area contributed by atoms with E-state index in [-0.39, 0.29) is 11.2 Å². The van der Waals surface area contributed by atoms with E-state index in [9.17, 15) is 10.1 Å². The summed E-state index contributed by atoms with van der Waals surface area (Å²) in [6, 6.07) is 11.1. The van der Waals surface area contributed by atoms with Crippen molar-refractivity contribution in [1.82, 2.24) is 9.88 Å². The van der Waals surface area contributed by atoms with Crippen LogP contribution < -0.4 is 4.90 Å². The van der Waals surface area contributed by atoms with Gasteiger partial charge in [0, 0.05) is 66.4 Å². The molecule has 2 heterocycles. The van der Waals surface area contributed by atoms with Crippen molar-refractivity contribution in [3.05, 3.63) is 63.5 Å². The zero-order valence-electron chi connectivity index (χ0n) is 20.4. The highest BCUT2D eigenvalue weighted by atomic mass is 16.1. The van der Waals surface area contributed by atoms with Crippen molar-refractivity contribution < 1.29 is 4.79 Å². The van der Waals surface area contributed by atoms with E-state index in [1.165, 1.54) is 30.5 Å². The molecule has 34 heavy (non-hydrogen) atoms. The van der Waals surface area contributed by atoms with Crippen molar-refractivity contribution in [1.29, 1.82) is 5.26 Å². The Morgan fingerprint density at radius 1 is 1.12 bits per heavy atom. The molecular weight excluding hydrogens is 420 g/mol. The molecule has 1 saturated carbocycles. The fourth-order valence-corrected chi connectivity index (χ4v) is 6.43. The van der Waals surface area contributed by atoms with Crippen molar-refractivity contribution in [3.63, 3.8) is 0 Å². The second-order valence-electron chi connectivity index (χ2n) is 10.8. The molecule has 5 heteroatoms. The second-order valence-corrected chi connectivity index (χ2v) is 10.8. The van der Waals surface area contributed by atoms with Gasteiger partial charge in [0.25, 0.3) is 0 Å². The number of rotatable bonds is 3. The number of hydrogen-bond donors (Lipinski definition) is 0. The van der Waals surface area contributed by atoms with Gasteiger partial charge in [-0.3, -0.25) is 9.69 Å². The number of piperazine rings is 1. The lowest BCUT2D eigenvalue weighted by molar-refractivity contribution is 0.105. The maximum Gasteiger partial charge on any atom is 0.194 e. The molecule has 2 aromatic rings. The number of nitrogens with zero attached hydrogens (tertiary/aromatic N) is 4. The highest BCUT2D eigenvalue weighted by Gasteiger charge is 2.44. The van der Waals surface area contributed by atoms with Gasteiger partial charge in [-0.2, -0.15) is 5.26 Å². The third kappa shape index (κ3) is 3.08. The van der Waals surface area contributed by atoms with Crippen LogP contribution in [-0.4, -0.2) is 47.9 Å². The number of carbonyl (C=O) groups is 1. The van der Waals surface area contributed by atoms with Crippen LogP contribution in [0, 0.1) is 11.3 Å². The number of aromatic nitrogens is 1. The highest BCUT2D eigenvalue weighted by Crippen LogP contribution is 2.50. The molecule has 2 fully saturated rings. The first kappa shape index (κ1) is 21.6. The minimum absolute atomic E-state index is 0.116. The molecule has 1 saturated heterocycles. The Morgan fingerprint density at radius 3 is 2.53 bits per heavy atom. The molecule has 4 aliphatic rings. The predicted molar refractivity (Wildman–Crippen MR) is 134 cm³/mol. The Bertz CT molecular complexity index is 1270. The summed E-state index contributed by atoms with van der Waals surface area (Å²) < 4.78 is 0. The number of Topliss-reactive ketones (excluding diaryl/α,β-unsaturated/α-hetero) is 1. The molecule has 0 N–H and O–H groups in total. The van der Waals surface area contributed by atoms with Crippen molar-refractivity contribution in [2.45, 2.75) is 64.3 Å². The van der Waals surface area contributed by atoms with E-state index in [2.05, 4.69) is 53.8 Å². The number of fused-ring (bicyclic) bond motifs is 3. The van der Waals surface area contributed by atoms with Crippen molar-refractivity contribution in [2.75, 3.05) is 31.1 Å². The molecule has 0 spiro atoms. The summed E-state index contributed by atoms with van der Waals surface area (Å²) in [5.41, 5.74) is 8.43. The van der Waals surface area contributed by atoms with Crippen LogP contribution in [0.5, 0.6) is 0 Å². The van der Waals surface area contributed by atoms with Gasteiger partial charge in [-0.05, 0) is 60.2 Å². The fraction of sp³-hybridized carbons (Fsp3) is 0.483. The predicted octanol–water partition coefficient (Wildman–Crippen LogP) is 4.67. The SMILES string of the molecule is CCc1cc2c(cc1N1CCN(C3CCC3)CC1)C(C)(C)C1=C(C2=O)c2ccc(C#N)nc2C1. The lowest BCUT2D eigenvalue weighted by atomic mass is 9.68. The van der Waals surface area contributed by atoms with Crippen molar-refractivity contribution >= 4 is 17.0 Å². The average molecular weight is 453 g/mol. The summed E-state index contributed by atoms with van der Waals surface area (Å²) >= 11 is 0. The van der Waals surface area contributed by atoms with Crippen molar-refractivity contribution in [3.8, 4) is 6.07 Å². The smallest absolute Gasteiger partial charge is 0.194 e. The number of pyridine rings is 1. The second kappa shape index (κ2) is 7.78. The monoisotopic (exact) mass is 452 g/mol. The quantitative estimate of drug-likeness (QED) is 0.677. The van der Waals surface area contributed by atoms with E-state index in [4.69, 9.17) is 0 Å². The van der Waals surface area contributed by atoms with E-state index in [1.54, 1.807) is 6.07 Å². The van der Waals surface area contributed by atoms with Crippen LogP contribution in [0.25, 0.3) is 5.57 Å². The van der Waals surface area contributed by atoms with E-state index in [0.717, 1.165) is 72.2 Å². The zero-order chi connectivity index (χ0) is 23.6. The van der Waals surface area contributed by atoms with Crippen LogP contribution in [0.1, 0.15) is 78.5 Å². The van der Waals surface area contributed by atoms with Gasteiger partial charge in [0.05, 0.1) is 5.69 Å². The molecule has 0 bridgehead atoms. The van der Waals surface area contributed by atoms with Crippen LogP contribution in [0.2, 0.25) is 0 Å². The molecule has 0 amide bonds. The molecule has 0 unspecified atom stereocenters. The maximum atomic E-state index is 13.8. The Hall–Kier alpha value is -2.97. The van der Waals surface area contributed by atoms with Crippen LogP contribution >= 0.6 is 0 Å². The first-order valence-corrected chi connectivity index (χ1v) is 12.8. The summed E-state index contributed by atoms with van der Waals surface area (Å²) in [6.07, 6.45) is 5.66. The molecule has 1 aromatic heterocycles. The Kier molecular flexibility index (Phi) is 4.93. The molecule has 3 aliphatic carbocycles. The van der Waals surface area contributed by atoms with Gasteiger partial charge in [-0.15, -0.1) is 0 Å². The van der Waals surface area contributed by atoms with E-state index in [1.807, 2.05) is 6.07 Å². The zero-order valence-corrected chi connectivity index (χ0v) is 20.4. The minimum Gasteiger partial charge on any atom is -0.369 e. The number of nitriles is 1. The highest BCUT2D eigenvalue weighted by molar-refractivity contribution is 6.33. The average Bonchev–Trinajstić information content (AvgIpc) is 3.21. The largest absolute Gasteiger partial charge is 0.369 e. The number of allylic oxidation sites excluding steroid dienone is 2. The summed E-state index contributed by atoms with van der Waals surface area (Å²) in [5, 5.41) is 9.30. The summed E-state index contributed by atoms with van der Waals surface area (Å²) in [5.74, 6) is 0.116. The molecule has 6 rings (SSSR count). The molecule has 174 valence electrons. The Balaban J connectivity index is 1.38. The number of ketones is 1. The number of benzene rings is 1.